The molecule has 0 saturated carbocycles. The molecule has 0 atom stereocenters. The van der Waals surface area contributed by atoms with E-state index >= 15 is 0 Å². The Labute approximate surface area is 105 Å². The Kier molecular flexibility index (Phi) is 3.28. The average Bonchev–Trinajstić information content (AvgIpc) is 2.28. The van der Waals surface area contributed by atoms with Crippen LogP contribution in [0.3, 0.4) is 0 Å². The highest BCUT2D eigenvalue weighted by atomic mass is 16.5. The molecule has 1 heterocycles. The van der Waals surface area contributed by atoms with Crippen LogP contribution in [0.15, 0.2) is 36.5 Å². The Bertz CT molecular complexity index is 556. The van der Waals surface area contributed by atoms with Crippen molar-refractivity contribution in [2.45, 2.75) is 13.8 Å². The quantitative estimate of drug-likeness (QED) is 0.899. The van der Waals surface area contributed by atoms with E-state index in [1.807, 2.05) is 32.0 Å². The van der Waals surface area contributed by atoms with Gasteiger partial charge in [0.2, 0.25) is 5.88 Å². The lowest BCUT2D eigenvalue weighted by atomic mass is 10.1. The zero-order valence-corrected chi connectivity index (χ0v) is 10.2. The maximum Gasteiger partial charge on any atom is 0.337 e. The molecule has 92 valence electrons. The van der Waals surface area contributed by atoms with Gasteiger partial charge in [0, 0.05) is 12.3 Å². The van der Waals surface area contributed by atoms with Crippen molar-refractivity contribution in [2.24, 2.45) is 0 Å². The topological polar surface area (TPSA) is 59.4 Å². The molecule has 2 aromatic rings. The molecular formula is C14H13NO3. The van der Waals surface area contributed by atoms with Crippen LogP contribution in [0.2, 0.25) is 0 Å². The van der Waals surface area contributed by atoms with Crippen molar-refractivity contribution in [3.05, 3.63) is 53.2 Å². The van der Waals surface area contributed by atoms with Crippen molar-refractivity contribution < 1.29 is 14.6 Å². The van der Waals surface area contributed by atoms with Gasteiger partial charge in [-0.05, 0) is 43.2 Å². The molecule has 4 nitrogen and oxygen atoms in total. The minimum absolute atomic E-state index is 0.141. The van der Waals surface area contributed by atoms with E-state index in [-0.39, 0.29) is 5.56 Å². The smallest absolute Gasteiger partial charge is 0.337 e. The van der Waals surface area contributed by atoms with Crippen molar-refractivity contribution in [2.75, 3.05) is 0 Å². The molecule has 0 aliphatic heterocycles. The lowest BCUT2D eigenvalue weighted by Crippen LogP contribution is -1.97. The lowest BCUT2D eigenvalue weighted by Gasteiger charge is -2.06. The van der Waals surface area contributed by atoms with E-state index in [2.05, 4.69) is 4.98 Å². The molecule has 1 aromatic carbocycles. The van der Waals surface area contributed by atoms with Crippen LogP contribution < -0.4 is 4.74 Å². The molecule has 1 aromatic heterocycles. The number of ether oxygens (including phenoxy) is 1. The minimum Gasteiger partial charge on any atom is -0.478 e. The second-order valence-corrected chi connectivity index (χ2v) is 4.12. The molecule has 0 radical (unpaired) electrons. The number of rotatable bonds is 3. The van der Waals surface area contributed by atoms with Crippen molar-refractivity contribution in [3.63, 3.8) is 0 Å². The van der Waals surface area contributed by atoms with E-state index in [0.717, 1.165) is 11.1 Å². The Morgan fingerprint density at radius 1 is 1.17 bits per heavy atom. The number of hydrogen-bond donors (Lipinski definition) is 1. The molecule has 0 spiro atoms. The van der Waals surface area contributed by atoms with E-state index < -0.39 is 5.97 Å². The Morgan fingerprint density at radius 2 is 1.83 bits per heavy atom. The monoisotopic (exact) mass is 243 g/mol. The van der Waals surface area contributed by atoms with Crippen LogP contribution >= 0.6 is 0 Å². The molecule has 0 unspecified atom stereocenters. The largest absolute Gasteiger partial charge is 0.478 e. The highest BCUT2D eigenvalue weighted by Crippen LogP contribution is 2.22. The normalized spacial score (nSPS) is 10.1. The summed E-state index contributed by atoms with van der Waals surface area (Å²) >= 11 is 0. The standard InChI is InChI=1S/C14H13NO3/c1-9-5-10(2)7-12(6-9)18-13-4-3-11(8-15-13)14(16)17/h3-8H,1-2H3,(H,16,17). The number of nitrogens with zero attached hydrogens (tertiary/aromatic N) is 1. The van der Waals surface area contributed by atoms with Crippen LogP contribution in [0.5, 0.6) is 11.6 Å². The minimum atomic E-state index is -1.000. The molecule has 0 amide bonds. The van der Waals surface area contributed by atoms with E-state index in [4.69, 9.17) is 9.84 Å². The molecule has 0 fully saturated rings. The third-order valence-corrected chi connectivity index (χ3v) is 2.40. The number of hydrogen-bond acceptors (Lipinski definition) is 3. The number of aryl methyl sites for hydroxylation is 2. The second-order valence-electron chi connectivity index (χ2n) is 4.12. The first kappa shape index (κ1) is 12.1. The van der Waals surface area contributed by atoms with Gasteiger partial charge in [-0.15, -0.1) is 0 Å². The molecule has 0 aliphatic rings. The van der Waals surface area contributed by atoms with Gasteiger partial charge in [-0.25, -0.2) is 9.78 Å². The summed E-state index contributed by atoms with van der Waals surface area (Å²) in [7, 11) is 0. The third-order valence-electron chi connectivity index (χ3n) is 2.40. The van der Waals surface area contributed by atoms with Crippen LogP contribution in [0.4, 0.5) is 0 Å². The number of carboxylic acid groups (broad SMARTS) is 1. The molecule has 0 saturated heterocycles. The van der Waals surface area contributed by atoms with Gasteiger partial charge in [0.1, 0.15) is 5.75 Å². The average molecular weight is 243 g/mol. The summed E-state index contributed by atoms with van der Waals surface area (Å²) in [6, 6.07) is 8.86. The summed E-state index contributed by atoms with van der Waals surface area (Å²) in [6.45, 7) is 3.97. The third kappa shape index (κ3) is 2.85. The van der Waals surface area contributed by atoms with Gasteiger partial charge in [0.25, 0.3) is 0 Å². The lowest BCUT2D eigenvalue weighted by molar-refractivity contribution is 0.0696. The van der Waals surface area contributed by atoms with Crippen LogP contribution in [0.1, 0.15) is 21.5 Å². The number of carboxylic acids is 1. The molecule has 18 heavy (non-hydrogen) atoms. The Morgan fingerprint density at radius 3 is 2.33 bits per heavy atom. The first-order valence-electron chi connectivity index (χ1n) is 5.50. The van der Waals surface area contributed by atoms with Gasteiger partial charge in [-0.3, -0.25) is 0 Å². The van der Waals surface area contributed by atoms with Crippen molar-refractivity contribution in [1.29, 1.82) is 0 Å². The second kappa shape index (κ2) is 4.87. The first-order chi connectivity index (χ1) is 8.54. The number of aromatic nitrogens is 1. The predicted octanol–water partition coefficient (Wildman–Crippen LogP) is 3.19. The van der Waals surface area contributed by atoms with Gasteiger partial charge < -0.3 is 9.84 Å². The molecular weight excluding hydrogens is 230 g/mol. The van der Waals surface area contributed by atoms with Crippen LogP contribution in [0, 0.1) is 13.8 Å². The fourth-order valence-corrected chi connectivity index (χ4v) is 1.68. The number of carbonyl (C=O) groups is 1. The number of benzene rings is 1. The van der Waals surface area contributed by atoms with Crippen molar-refractivity contribution >= 4 is 5.97 Å². The van der Waals surface area contributed by atoms with E-state index in [0.29, 0.717) is 11.6 Å². The van der Waals surface area contributed by atoms with Crippen LogP contribution in [-0.4, -0.2) is 16.1 Å². The Hall–Kier alpha value is -2.36. The van der Waals surface area contributed by atoms with Crippen LogP contribution in [-0.2, 0) is 0 Å². The first-order valence-corrected chi connectivity index (χ1v) is 5.50. The predicted molar refractivity (Wildman–Crippen MR) is 67.2 cm³/mol. The van der Waals surface area contributed by atoms with Gasteiger partial charge in [-0.2, -0.15) is 0 Å². The Balaban J connectivity index is 2.20. The summed E-state index contributed by atoms with van der Waals surface area (Å²) in [6.07, 6.45) is 1.28. The molecule has 0 bridgehead atoms. The summed E-state index contributed by atoms with van der Waals surface area (Å²) in [5, 5.41) is 8.76. The van der Waals surface area contributed by atoms with E-state index in [9.17, 15) is 4.79 Å². The fourth-order valence-electron chi connectivity index (χ4n) is 1.68. The maximum absolute atomic E-state index is 10.7. The number of pyridine rings is 1. The van der Waals surface area contributed by atoms with E-state index in [1.54, 1.807) is 6.07 Å². The van der Waals surface area contributed by atoms with Gasteiger partial charge in [0.05, 0.1) is 5.56 Å². The summed E-state index contributed by atoms with van der Waals surface area (Å²) < 4.78 is 5.57. The van der Waals surface area contributed by atoms with Gasteiger partial charge >= 0.3 is 5.97 Å². The van der Waals surface area contributed by atoms with Crippen molar-refractivity contribution in [3.8, 4) is 11.6 Å². The van der Waals surface area contributed by atoms with Crippen LogP contribution in [0.25, 0.3) is 0 Å². The highest BCUT2D eigenvalue weighted by molar-refractivity contribution is 5.87. The zero-order valence-electron chi connectivity index (χ0n) is 10.2. The summed E-state index contributed by atoms with van der Waals surface area (Å²) in [4.78, 5) is 14.6. The summed E-state index contributed by atoms with van der Waals surface area (Å²) in [5.41, 5.74) is 2.35. The summed E-state index contributed by atoms with van der Waals surface area (Å²) in [5.74, 6) is 0.0773. The SMILES string of the molecule is Cc1cc(C)cc(Oc2ccc(C(=O)O)cn2)c1. The highest BCUT2D eigenvalue weighted by Gasteiger charge is 2.04. The molecule has 2 rings (SSSR count). The van der Waals surface area contributed by atoms with E-state index in [1.165, 1.54) is 12.3 Å². The molecule has 1 N–H and O–H groups in total. The van der Waals surface area contributed by atoms with Crippen molar-refractivity contribution in [1.82, 2.24) is 4.98 Å². The van der Waals surface area contributed by atoms with Gasteiger partial charge in [0.15, 0.2) is 0 Å². The molecule has 0 aliphatic carbocycles. The van der Waals surface area contributed by atoms with Gasteiger partial charge in [-0.1, -0.05) is 6.07 Å². The maximum atomic E-state index is 10.7. The zero-order chi connectivity index (χ0) is 13.1. The molecule has 4 heteroatoms. The fraction of sp³-hybridized carbons (Fsp3) is 0.143. The number of aromatic carboxylic acids is 1.